The minimum atomic E-state index is 0.326. The molecule has 2 rings (SSSR count). The van der Waals surface area contributed by atoms with Gasteiger partial charge in [-0.3, -0.25) is 4.79 Å². The van der Waals surface area contributed by atoms with Crippen LogP contribution in [0.3, 0.4) is 0 Å². The Labute approximate surface area is 86.0 Å². The molecule has 0 spiro atoms. The molecule has 0 bridgehead atoms. The lowest BCUT2D eigenvalue weighted by Crippen LogP contribution is -2.29. The van der Waals surface area contributed by atoms with Gasteiger partial charge in [-0.2, -0.15) is 0 Å². The number of hydrogen-bond acceptors (Lipinski definition) is 2. The van der Waals surface area contributed by atoms with Crippen LogP contribution < -0.4 is 0 Å². The molecule has 0 aromatic rings. The Kier molecular flexibility index (Phi) is 3.57. The van der Waals surface area contributed by atoms with E-state index in [0.29, 0.717) is 18.3 Å². The molecule has 2 fully saturated rings. The van der Waals surface area contributed by atoms with E-state index < -0.39 is 0 Å². The molecular formula is C12H20O2. The van der Waals surface area contributed by atoms with Crippen molar-refractivity contribution < 1.29 is 9.53 Å². The van der Waals surface area contributed by atoms with Gasteiger partial charge in [0.2, 0.25) is 0 Å². The predicted octanol–water partition coefficient (Wildman–Crippen LogP) is 2.56. The SMILES string of the molecule is O=C1COCCC1CC1CCCCC1. The van der Waals surface area contributed by atoms with Gasteiger partial charge in [0.05, 0.1) is 0 Å². The largest absolute Gasteiger partial charge is 0.374 e. The Balaban J connectivity index is 1.79. The van der Waals surface area contributed by atoms with Crippen LogP contribution in [0.15, 0.2) is 0 Å². The van der Waals surface area contributed by atoms with E-state index in [2.05, 4.69) is 0 Å². The number of carbonyl (C=O) groups excluding carboxylic acids is 1. The molecule has 80 valence electrons. The van der Waals surface area contributed by atoms with Gasteiger partial charge in [-0.1, -0.05) is 32.1 Å². The molecule has 1 unspecified atom stereocenters. The van der Waals surface area contributed by atoms with Crippen LogP contribution in [0.1, 0.15) is 44.9 Å². The molecule has 0 amide bonds. The lowest BCUT2D eigenvalue weighted by atomic mass is 9.80. The second-order valence-electron chi connectivity index (χ2n) is 4.74. The number of rotatable bonds is 2. The van der Waals surface area contributed by atoms with Crippen molar-refractivity contribution in [3.63, 3.8) is 0 Å². The third kappa shape index (κ3) is 2.57. The molecular weight excluding hydrogens is 176 g/mol. The molecule has 0 N–H and O–H groups in total. The molecule has 2 aliphatic rings. The molecule has 2 nitrogen and oxygen atoms in total. The van der Waals surface area contributed by atoms with Gasteiger partial charge >= 0.3 is 0 Å². The topological polar surface area (TPSA) is 26.3 Å². The highest BCUT2D eigenvalue weighted by Crippen LogP contribution is 2.31. The maximum Gasteiger partial charge on any atom is 0.161 e. The average molecular weight is 196 g/mol. The van der Waals surface area contributed by atoms with Crippen molar-refractivity contribution in [3.8, 4) is 0 Å². The summed E-state index contributed by atoms with van der Waals surface area (Å²) < 4.78 is 5.15. The standard InChI is InChI=1S/C12H20O2/c13-12-9-14-7-6-11(12)8-10-4-2-1-3-5-10/h10-11H,1-9H2. The second-order valence-corrected chi connectivity index (χ2v) is 4.74. The molecule has 0 aromatic heterocycles. The molecule has 1 saturated carbocycles. The van der Waals surface area contributed by atoms with Crippen LogP contribution >= 0.6 is 0 Å². The number of ether oxygens (including phenoxy) is 1. The van der Waals surface area contributed by atoms with Crippen molar-refractivity contribution in [1.82, 2.24) is 0 Å². The number of carbonyl (C=O) groups is 1. The predicted molar refractivity (Wildman–Crippen MR) is 55.1 cm³/mol. The zero-order valence-electron chi connectivity index (χ0n) is 8.84. The van der Waals surface area contributed by atoms with Crippen molar-refractivity contribution in [3.05, 3.63) is 0 Å². The van der Waals surface area contributed by atoms with Crippen molar-refractivity contribution in [2.24, 2.45) is 11.8 Å². The Bertz CT molecular complexity index is 194. The van der Waals surface area contributed by atoms with Crippen molar-refractivity contribution in [2.75, 3.05) is 13.2 Å². The molecule has 1 atom stereocenters. The van der Waals surface area contributed by atoms with E-state index >= 15 is 0 Å². The van der Waals surface area contributed by atoms with Gasteiger partial charge in [0.15, 0.2) is 5.78 Å². The van der Waals surface area contributed by atoms with Gasteiger partial charge in [0, 0.05) is 12.5 Å². The second kappa shape index (κ2) is 4.92. The first-order valence-corrected chi connectivity index (χ1v) is 5.96. The fourth-order valence-corrected chi connectivity index (χ4v) is 2.75. The molecule has 1 aliphatic heterocycles. The lowest BCUT2D eigenvalue weighted by molar-refractivity contribution is -0.133. The van der Waals surface area contributed by atoms with Gasteiger partial charge in [-0.25, -0.2) is 0 Å². The van der Waals surface area contributed by atoms with Gasteiger partial charge in [-0.05, 0) is 18.8 Å². The van der Waals surface area contributed by atoms with Gasteiger partial charge < -0.3 is 4.74 Å². The van der Waals surface area contributed by atoms with Gasteiger partial charge in [0.25, 0.3) is 0 Å². The smallest absolute Gasteiger partial charge is 0.161 e. The van der Waals surface area contributed by atoms with Crippen LogP contribution in [-0.4, -0.2) is 19.0 Å². The van der Waals surface area contributed by atoms with Gasteiger partial charge in [0.1, 0.15) is 6.61 Å². The van der Waals surface area contributed by atoms with E-state index in [1.807, 2.05) is 0 Å². The van der Waals surface area contributed by atoms with E-state index in [4.69, 9.17) is 4.74 Å². The minimum absolute atomic E-state index is 0.326. The maximum absolute atomic E-state index is 11.5. The molecule has 14 heavy (non-hydrogen) atoms. The Hall–Kier alpha value is -0.370. The fraction of sp³-hybridized carbons (Fsp3) is 0.917. The minimum Gasteiger partial charge on any atom is -0.374 e. The van der Waals surface area contributed by atoms with Crippen LogP contribution in [0.4, 0.5) is 0 Å². The number of Topliss-reactive ketones (excluding diaryl/α,β-unsaturated/α-hetero) is 1. The number of ketones is 1. The van der Waals surface area contributed by atoms with E-state index in [1.54, 1.807) is 0 Å². The molecule has 2 heteroatoms. The van der Waals surface area contributed by atoms with Crippen LogP contribution in [0.2, 0.25) is 0 Å². The van der Waals surface area contributed by atoms with Crippen LogP contribution in [0.5, 0.6) is 0 Å². The summed E-state index contributed by atoms with van der Waals surface area (Å²) in [6, 6.07) is 0. The summed E-state index contributed by atoms with van der Waals surface area (Å²) in [6.45, 7) is 1.17. The monoisotopic (exact) mass is 196 g/mol. The first-order valence-electron chi connectivity index (χ1n) is 5.96. The highest BCUT2D eigenvalue weighted by Gasteiger charge is 2.26. The normalized spacial score (nSPS) is 30.6. The maximum atomic E-state index is 11.5. The van der Waals surface area contributed by atoms with Crippen LogP contribution in [0.25, 0.3) is 0 Å². The van der Waals surface area contributed by atoms with Crippen molar-refractivity contribution in [1.29, 1.82) is 0 Å². The lowest BCUT2D eigenvalue weighted by Gasteiger charge is -2.27. The highest BCUT2D eigenvalue weighted by molar-refractivity contribution is 5.82. The third-order valence-corrected chi connectivity index (χ3v) is 3.65. The average Bonchev–Trinajstić information content (AvgIpc) is 2.23. The first-order chi connectivity index (χ1) is 6.86. The van der Waals surface area contributed by atoms with E-state index in [9.17, 15) is 4.79 Å². The molecule has 0 radical (unpaired) electrons. The molecule has 1 saturated heterocycles. The quantitative estimate of drug-likeness (QED) is 0.678. The van der Waals surface area contributed by atoms with E-state index in [-0.39, 0.29) is 0 Å². The third-order valence-electron chi connectivity index (χ3n) is 3.65. The summed E-state index contributed by atoms with van der Waals surface area (Å²) in [7, 11) is 0. The summed E-state index contributed by atoms with van der Waals surface area (Å²) in [5.41, 5.74) is 0. The van der Waals surface area contributed by atoms with Crippen LogP contribution in [-0.2, 0) is 9.53 Å². The van der Waals surface area contributed by atoms with E-state index in [0.717, 1.165) is 25.4 Å². The van der Waals surface area contributed by atoms with E-state index in [1.165, 1.54) is 32.1 Å². The Morgan fingerprint density at radius 2 is 1.93 bits per heavy atom. The van der Waals surface area contributed by atoms with Gasteiger partial charge in [-0.15, -0.1) is 0 Å². The Morgan fingerprint density at radius 1 is 1.14 bits per heavy atom. The summed E-state index contributed by atoms with van der Waals surface area (Å²) in [4.78, 5) is 11.5. The summed E-state index contributed by atoms with van der Waals surface area (Å²) in [5, 5.41) is 0. The zero-order chi connectivity index (χ0) is 9.80. The Morgan fingerprint density at radius 3 is 2.64 bits per heavy atom. The zero-order valence-corrected chi connectivity index (χ0v) is 8.84. The summed E-state index contributed by atoms with van der Waals surface area (Å²) >= 11 is 0. The van der Waals surface area contributed by atoms with Crippen molar-refractivity contribution in [2.45, 2.75) is 44.9 Å². The first kappa shape index (κ1) is 10.2. The number of hydrogen-bond donors (Lipinski definition) is 0. The van der Waals surface area contributed by atoms with Crippen molar-refractivity contribution >= 4 is 5.78 Å². The molecule has 1 heterocycles. The molecule has 1 aliphatic carbocycles. The molecule has 0 aromatic carbocycles. The van der Waals surface area contributed by atoms with Crippen LogP contribution in [0, 0.1) is 11.8 Å². The highest BCUT2D eigenvalue weighted by atomic mass is 16.5. The summed E-state index contributed by atoms with van der Waals surface area (Å²) in [6.07, 6.45) is 8.97. The summed E-state index contributed by atoms with van der Waals surface area (Å²) in [5.74, 6) is 1.50. The fourth-order valence-electron chi connectivity index (χ4n) is 2.75.